The van der Waals surface area contributed by atoms with Crippen LogP contribution in [0.25, 0.3) is 6.08 Å². The van der Waals surface area contributed by atoms with E-state index in [1.165, 1.54) is 47.9 Å². The predicted octanol–water partition coefficient (Wildman–Crippen LogP) is 2.19. The summed E-state index contributed by atoms with van der Waals surface area (Å²) in [5.41, 5.74) is 5.64. The lowest BCUT2D eigenvalue weighted by molar-refractivity contribution is -0.654. The molecule has 0 saturated heterocycles. The van der Waals surface area contributed by atoms with Crippen molar-refractivity contribution in [2.45, 2.75) is 31.6 Å². The summed E-state index contributed by atoms with van der Waals surface area (Å²) in [5, 5.41) is 0. The molecule has 1 aromatic heterocycles. The van der Waals surface area contributed by atoms with Crippen molar-refractivity contribution in [3.8, 4) is 0 Å². The Morgan fingerprint density at radius 2 is 1.91 bits per heavy atom. The topological polar surface area (TPSA) is 7.12 Å². The fraction of sp³-hybridized carbons (Fsp3) is 0.350. The number of nitrogens with zero attached hydrogens (tertiary/aromatic N) is 2. The second-order valence-corrected chi connectivity index (χ2v) is 6.99. The average Bonchev–Trinajstić information content (AvgIpc) is 3.10. The molecule has 1 aliphatic carbocycles. The van der Waals surface area contributed by atoms with Crippen LogP contribution in [0.3, 0.4) is 0 Å². The number of hydrogen-bond acceptors (Lipinski definition) is 1. The molecule has 0 amide bonds. The molecular formula is C20H24BN2+. The minimum absolute atomic E-state index is 0.294. The van der Waals surface area contributed by atoms with Crippen LogP contribution in [0.1, 0.15) is 42.7 Å². The molecule has 116 valence electrons. The third kappa shape index (κ3) is 2.58. The van der Waals surface area contributed by atoms with Gasteiger partial charge in [-0.1, -0.05) is 37.1 Å². The van der Waals surface area contributed by atoms with Gasteiger partial charge in [0.2, 0.25) is 0 Å². The largest absolute Gasteiger partial charge is 0.411 e. The van der Waals surface area contributed by atoms with Gasteiger partial charge in [-0.3, -0.25) is 0 Å². The molecule has 2 heterocycles. The first kappa shape index (κ1) is 14.6. The predicted molar refractivity (Wildman–Crippen MR) is 97.1 cm³/mol. The summed E-state index contributed by atoms with van der Waals surface area (Å²) < 4.78 is 2.29. The maximum atomic E-state index is 2.45. The van der Waals surface area contributed by atoms with Crippen LogP contribution in [0.2, 0.25) is 0 Å². The Morgan fingerprint density at radius 1 is 1.13 bits per heavy atom. The summed E-state index contributed by atoms with van der Waals surface area (Å²) in [7, 11) is 4.35. The molecule has 1 saturated carbocycles. The number of rotatable bonds is 2. The molecule has 0 unspecified atom stereocenters. The van der Waals surface area contributed by atoms with E-state index in [0.29, 0.717) is 6.85 Å². The molecule has 0 bridgehead atoms. The second kappa shape index (κ2) is 5.88. The molecule has 0 radical (unpaired) electrons. The third-order valence-electron chi connectivity index (χ3n) is 5.51. The maximum absolute atomic E-state index is 2.45. The van der Waals surface area contributed by atoms with Gasteiger partial charge in [0, 0.05) is 12.1 Å². The molecule has 2 aromatic rings. The Morgan fingerprint density at radius 3 is 2.74 bits per heavy atom. The van der Waals surface area contributed by atoms with Crippen LogP contribution in [-0.4, -0.2) is 18.7 Å². The molecule has 2 aliphatic rings. The van der Waals surface area contributed by atoms with Crippen LogP contribution in [-0.2, 0) is 7.05 Å². The van der Waals surface area contributed by atoms with E-state index in [2.05, 4.69) is 78.3 Å². The van der Waals surface area contributed by atoms with Gasteiger partial charge in [0.1, 0.15) is 7.05 Å². The third-order valence-corrected chi connectivity index (χ3v) is 5.51. The van der Waals surface area contributed by atoms with Crippen molar-refractivity contribution in [3.05, 3.63) is 59.9 Å². The summed E-state index contributed by atoms with van der Waals surface area (Å²) in [6.45, 7) is 0.294. The average molecular weight is 303 g/mol. The van der Waals surface area contributed by atoms with Gasteiger partial charge in [-0.05, 0) is 54.7 Å². The van der Waals surface area contributed by atoms with Gasteiger partial charge in [-0.2, -0.15) is 0 Å². The van der Waals surface area contributed by atoms with Crippen LogP contribution in [0.15, 0.2) is 48.8 Å². The first-order valence-electron chi connectivity index (χ1n) is 8.72. The first-order chi connectivity index (χ1) is 11.2. The van der Waals surface area contributed by atoms with Gasteiger partial charge in [0.15, 0.2) is 11.8 Å². The van der Waals surface area contributed by atoms with Gasteiger partial charge in [-0.15, -0.1) is 0 Å². The highest BCUT2D eigenvalue weighted by atomic mass is 15.0. The van der Waals surface area contributed by atoms with E-state index in [9.17, 15) is 0 Å². The van der Waals surface area contributed by atoms with E-state index < -0.39 is 0 Å². The highest BCUT2D eigenvalue weighted by Crippen LogP contribution is 2.33. The van der Waals surface area contributed by atoms with E-state index in [1.54, 1.807) is 0 Å². The fourth-order valence-corrected chi connectivity index (χ4v) is 4.17. The lowest BCUT2D eigenvalue weighted by Gasteiger charge is -2.27. The van der Waals surface area contributed by atoms with Crippen molar-refractivity contribution in [1.82, 2.24) is 4.81 Å². The van der Waals surface area contributed by atoms with E-state index in [0.717, 1.165) is 5.92 Å². The van der Waals surface area contributed by atoms with E-state index in [-0.39, 0.29) is 0 Å². The molecule has 23 heavy (non-hydrogen) atoms. The second-order valence-electron chi connectivity index (χ2n) is 6.99. The van der Waals surface area contributed by atoms with Crippen LogP contribution in [0.4, 0.5) is 0 Å². The Labute approximate surface area is 139 Å². The molecule has 1 aliphatic heterocycles. The zero-order valence-electron chi connectivity index (χ0n) is 14.1. The highest BCUT2D eigenvalue weighted by molar-refractivity contribution is 6.82. The SMILES string of the molecule is CN1C=Cc2ccccc2B1c1cc(C2CCCC2)cc[n+]1C. The monoisotopic (exact) mass is 303 g/mol. The van der Waals surface area contributed by atoms with Gasteiger partial charge in [-0.25, -0.2) is 4.57 Å². The van der Waals surface area contributed by atoms with Gasteiger partial charge < -0.3 is 4.81 Å². The Kier molecular flexibility index (Phi) is 3.72. The van der Waals surface area contributed by atoms with E-state index in [4.69, 9.17) is 0 Å². The Bertz CT molecular complexity index is 747. The van der Waals surface area contributed by atoms with Crippen LogP contribution in [0, 0.1) is 0 Å². The molecule has 0 spiro atoms. The van der Waals surface area contributed by atoms with Gasteiger partial charge >= 0.3 is 6.85 Å². The Hall–Kier alpha value is -2.03. The van der Waals surface area contributed by atoms with Crippen molar-refractivity contribution < 1.29 is 4.57 Å². The Balaban J connectivity index is 1.80. The summed E-state index contributed by atoms with van der Waals surface area (Å²) in [6.07, 6.45) is 12.1. The number of fused-ring (bicyclic) bond motifs is 1. The van der Waals surface area contributed by atoms with E-state index in [1.807, 2.05) is 0 Å². The van der Waals surface area contributed by atoms with Crippen LogP contribution in [0.5, 0.6) is 0 Å². The zero-order valence-corrected chi connectivity index (χ0v) is 14.1. The molecule has 2 nitrogen and oxygen atoms in total. The number of aryl methyl sites for hydroxylation is 1. The van der Waals surface area contributed by atoms with Gasteiger partial charge in [0.05, 0.1) is 0 Å². The fourth-order valence-electron chi connectivity index (χ4n) is 4.17. The lowest BCUT2D eigenvalue weighted by Crippen LogP contribution is -2.65. The summed E-state index contributed by atoms with van der Waals surface area (Å²) in [6, 6.07) is 13.5. The maximum Gasteiger partial charge on any atom is 0.403 e. The van der Waals surface area contributed by atoms with E-state index >= 15 is 0 Å². The first-order valence-corrected chi connectivity index (χ1v) is 8.72. The molecule has 4 rings (SSSR count). The summed E-state index contributed by atoms with van der Waals surface area (Å²) in [4.78, 5) is 2.33. The number of aromatic nitrogens is 1. The van der Waals surface area contributed by atoms with Crippen LogP contribution >= 0.6 is 0 Å². The lowest BCUT2D eigenvalue weighted by atomic mass is 9.49. The minimum Gasteiger partial charge on any atom is -0.411 e. The molecule has 0 N–H and O–H groups in total. The van der Waals surface area contributed by atoms with Crippen molar-refractivity contribution in [2.24, 2.45) is 7.05 Å². The quantitative estimate of drug-likeness (QED) is 0.609. The molecule has 0 atom stereocenters. The number of hydrogen-bond donors (Lipinski definition) is 0. The summed E-state index contributed by atoms with van der Waals surface area (Å²) >= 11 is 0. The van der Waals surface area contributed by atoms with Crippen molar-refractivity contribution in [1.29, 1.82) is 0 Å². The normalized spacial score (nSPS) is 17.7. The zero-order chi connectivity index (χ0) is 15.8. The molecule has 3 heteroatoms. The van der Waals surface area contributed by atoms with Crippen molar-refractivity contribution >= 4 is 24.0 Å². The van der Waals surface area contributed by atoms with Crippen molar-refractivity contribution in [2.75, 3.05) is 7.05 Å². The molecule has 1 fully saturated rings. The van der Waals surface area contributed by atoms with Crippen molar-refractivity contribution in [3.63, 3.8) is 0 Å². The number of pyridine rings is 1. The summed E-state index contributed by atoms with van der Waals surface area (Å²) in [5.74, 6) is 0.759. The van der Waals surface area contributed by atoms with Crippen LogP contribution < -0.4 is 15.6 Å². The molecular weight excluding hydrogens is 279 g/mol. The standard InChI is InChI=1S/C20H24BN2/c1-22-13-11-18(16-7-3-4-8-16)15-20(22)21-19-10-6-5-9-17(19)12-14-23(21)2/h5-6,9-16H,3-4,7-8H2,1-2H3/q+1. The smallest absolute Gasteiger partial charge is 0.403 e. The molecule has 1 aromatic carbocycles. The van der Waals surface area contributed by atoms with Gasteiger partial charge in [0.25, 0.3) is 0 Å². The highest BCUT2D eigenvalue weighted by Gasteiger charge is 2.35. The minimum atomic E-state index is 0.294. The number of benzene rings is 1.